The van der Waals surface area contributed by atoms with Gasteiger partial charge in [0.2, 0.25) is 5.91 Å². The van der Waals surface area contributed by atoms with Crippen LogP contribution in [0.15, 0.2) is 4.52 Å². The van der Waals surface area contributed by atoms with Crippen molar-refractivity contribution >= 4 is 17.7 Å². The topological polar surface area (TPSA) is 55.1 Å². The van der Waals surface area contributed by atoms with Gasteiger partial charge in [-0.1, -0.05) is 5.16 Å². The van der Waals surface area contributed by atoms with Crippen molar-refractivity contribution < 1.29 is 9.32 Å². The average Bonchev–Trinajstić information content (AvgIpc) is 3.04. The van der Waals surface area contributed by atoms with Crippen molar-refractivity contribution in [3.05, 3.63) is 17.0 Å². The third-order valence-corrected chi connectivity index (χ3v) is 4.12. The SMILES string of the molecule is Cc1noc(C)c1CS[C@H](C)C(=O)NC1CC1. The molecule has 17 heavy (non-hydrogen) atoms. The van der Waals surface area contributed by atoms with Gasteiger partial charge in [-0.2, -0.15) is 0 Å². The summed E-state index contributed by atoms with van der Waals surface area (Å²) in [7, 11) is 0. The van der Waals surface area contributed by atoms with Gasteiger partial charge in [0, 0.05) is 17.4 Å². The molecule has 1 aliphatic carbocycles. The smallest absolute Gasteiger partial charge is 0.233 e. The fraction of sp³-hybridized carbons (Fsp3) is 0.667. The average molecular weight is 254 g/mol. The second-order valence-electron chi connectivity index (χ2n) is 4.54. The molecule has 1 heterocycles. The Bertz CT molecular complexity index is 393. The molecule has 0 bridgehead atoms. The minimum atomic E-state index is -0.0238. The van der Waals surface area contributed by atoms with Crippen molar-refractivity contribution in [2.75, 3.05) is 0 Å². The third-order valence-electron chi connectivity index (χ3n) is 2.95. The van der Waals surface area contributed by atoms with Crippen LogP contribution in [0.2, 0.25) is 0 Å². The number of hydrogen-bond donors (Lipinski definition) is 1. The molecular weight excluding hydrogens is 236 g/mol. The molecule has 0 aliphatic heterocycles. The number of rotatable bonds is 5. The number of carbonyl (C=O) groups is 1. The summed E-state index contributed by atoms with van der Waals surface area (Å²) in [6.07, 6.45) is 2.26. The Morgan fingerprint density at radius 1 is 1.59 bits per heavy atom. The fourth-order valence-corrected chi connectivity index (χ4v) is 2.59. The van der Waals surface area contributed by atoms with Crippen molar-refractivity contribution in [2.45, 2.75) is 50.7 Å². The molecule has 0 radical (unpaired) electrons. The third kappa shape index (κ3) is 3.25. The maximum absolute atomic E-state index is 11.8. The van der Waals surface area contributed by atoms with Gasteiger partial charge in [0.05, 0.1) is 10.9 Å². The number of amides is 1. The van der Waals surface area contributed by atoms with Crippen LogP contribution in [0.25, 0.3) is 0 Å². The Morgan fingerprint density at radius 3 is 2.82 bits per heavy atom. The fourth-order valence-electron chi connectivity index (χ4n) is 1.54. The van der Waals surface area contributed by atoms with Gasteiger partial charge in [-0.3, -0.25) is 4.79 Å². The van der Waals surface area contributed by atoms with Gasteiger partial charge < -0.3 is 9.84 Å². The number of nitrogens with zero attached hydrogens (tertiary/aromatic N) is 1. The van der Waals surface area contributed by atoms with Crippen LogP contribution in [-0.2, 0) is 10.5 Å². The van der Waals surface area contributed by atoms with E-state index in [0.29, 0.717) is 6.04 Å². The van der Waals surface area contributed by atoms with Gasteiger partial charge in [-0.25, -0.2) is 0 Å². The lowest BCUT2D eigenvalue weighted by molar-refractivity contribution is -0.120. The highest BCUT2D eigenvalue weighted by molar-refractivity contribution is 7.99. The van der Waals surface area contributed by atoms with E-state index in [9.17, 15) is 4.79 Å². The molecule has 4 nitrogen and oxygen atoms in total. The summed E-state index contributed by atoms with van der Waals surface area (Å²) in [5, 5.41) is 6.90. The van der Waals surface area contributed by atoms with Crippen LogP contribution < -0.4 is 5.32 Å². The van der Waals surface area contributed by atoms with Crippen LogP contribution >= 0.6 is 11.8 Å². The number of hydrogen-bond acceptors (Lipinski definition) is 4. The zero-order chi connectivity index (χ0) is 12.4. The van der Waals surface area contributed by atoms with E-state index in [1.54, 1.807) is 11.8 Å². The monoisotopic (exact) mass is 254 g/mol. The maximum atomic E-state index is 11.8. The second-order valence-corrected chi connectivity index (χ2v) is 5.87. The normalized spacial score (nSPS) is 16.9. The quantitative estimate of drug-likeness (QED) is 0.875. The standard InChI is InChI=1S/C12H18N2O2S/c1-7-11(8(2)16-14-7)6-17-9(3)12(15)13-10-4-5-10/h9-10H,4-6H2,1-3H3,(H,13,15)/t9-/m1/s1. The van der Waals surface area contributed by atoms with Crippen molar-refractivity contribution in [3.8, 4) is 0 Å². The summed E-state index contributed by atoms with van der Waals surface area (Å²) < 4.78 is 5.10. The molecule has 0 spiro atoms. The lowest BCUT2D eigenvalue weighted by Crippen LogP contribution is -2.32. The Hall–Kier alpha value is -0.970. The summed E-state index contributed by atoms with van der Waals surface area (Å²) in [4.78, 5) is 11.8. The van der Waals surface area contributed by atoms with Crippen molar-refractivity contribution in [1.82, 2.24) is 10.5 Å². The van der Waals surface area contributed by atoms with E-state index in [1.807, 2.05) is 20.8 Å². The molecule has 1 aliphatic rings. The first kappa shape index (κ1) is 12.5. The molecule has 1 amide bonds. The molecule has 1 aromatic rings. The van der Waals surface area contributed by atoms with E-state index < -0.39 is 0 Å². The van der Waals surface area contributed by atoms with E-state index >= 15 is 0 Å². The molecule has 2 rings (SSSR count). The number of thioether (sulfide) groups is 1. The van der Waals surface area contributed by atoms with Crippen LogP contribution in [0.3, 0.4) is 0 Å². The summed E-state index contributed by atoms with van der Waals surface area (Å²) in [6.45, 7) is 5.78. The van der Waals surface area contributed by atoms with Gasteiger partial charge in [-0.05, 0) is 33.6 Å². The number of carbonyl (C=O) groups excluding carboxylic acids is 1. The zero-order valence-electron chi connectivity index (χ0n) is 10.4. The Kier molecular flexibility index (Phi) is 3.76. The first-order chi connectivity index (χ1) is 8.08. The molecule has 94 valence electrons. The molecule has 1 aromatic heterocycles. The van der Waals surface area contributed by atoms with Crippen LogP contribution in [0.4, 0.5) is 0 Å². The van der Waals surface area contributed by atoms with Gasteiger partial charge in [0.25, 0.3) is 0 Å². The van der Waals surface area contributed by atoms with Crippen LogP contribution in [0.5, 0.6) is 0 Å². The van der Waals surface area contributed by atoms with Crippen molar-refractivity contribution in [1.29, 1.82) is 0 Å². The van der Waals surface area contributed by atoms with Crippen LogP contribution in [-0.4, -0.2) is 22.4 Å². The van der Waals surface area contributed by atoms with E-state index in [1.165, 1.54) is 0 Å². The minimum absolute atomic E-state index is 0.0238. The predicted molar refractivity (Wildman–Crippen MR) is 67.9 cm³/mol. The van der Waals surface area contributed by atoms with Gasteiger partial charge in [0.1, 0.15) is 5.76 Å². The Morgan fingerprint density at radius 2 is 2.29 bits per heavy atom. The lowest BCUT2D eigenvalue weighted by atomic mass is 10.2. The molecule has 1 saturated carbocycles. The van der Waals surface area contributed by atoms with Crippen LogP contribution in [0, 0.1) is 13.8 Å². The minimum Gasteiger partial charge on any atom is -0.361 e. The van der Waals surface area contributed by atoms with E-state index in [-0.39, 0.29) is 11.2 Å². The summed E-state index contributed by atoms with van der Waals surface area (Å²) in [5.74, 6) is 1.77. The summed E-state index contributed by atoms with van der Waals surface area (Å²) in [6, 6.07) is 0.435. The summed E-state index contributed by atoms with van der Waals surface area (Å²) >= 11 is 1.63. The number of aryl methyl sites for hydroxylation is 2. The van der Waals surface area contributed by atoms with E-state index in [2.05, 4.69) is 10.5 Å². The van der Waals surface area contributed by atoms with E-state index in [0.717, 1.165) is 35.6 Å². The van der Waals surface area contributed by atoms with Crippen molar-refractivity contribution in [2.24, 2.45) is 0 Å². The Balaban J connectivity index is 1.82. The highest BCUT2D eigenvalue weighted by atomic mass is 32.2. The van der Waals surface area contributed by atoms with Crippen molar-refractivity contribution in [3.63, 3.8) is 0 Å². The van der Waals surface area contributed by atoms with Crippen LogP contribution in [0.1, 0.15) is 36.8 Å². The molecule has 1 N–H and O–H groups in total. The van der Waals surface area contributed by atoms with Gasteiger partial charge in [0.15, 0.2) is 0 Å². The maximum Gasteiger partial charge on any atom is 0.233 e. The Labute approximate surface area is 106 Å². The van der Waals surface area contributed by atoms with Gasteiger partial charge >= 0.3 is 0 Å². The van der Waals surface area contributed by atoms with Gasteiger partial charge in [-0.15, -0.1) is 11.8 Å². The predicted octanol–water partition coefficient (Wildman–Crippen LogP) is 2.19. The highest BCUT2D eigenvalue weighted by Crippen LogP contribution is 2.24. The largest absolute Gasteiger partial charge is 0.361 e. The molecule has 0 aromatic carbocycles. The highest BCUT2D eigenvalue weighted by Gasteiger charge is 2.26. The molecule has 1 fully saturated rings. The second kappa shape index (κ2) is 5.12. The first-order valence-electron chi connectivity index (χ1n) is 5.91. The first-order valence-corrected chi connectivity index (χ1v) is 6.96. The molecular formula is C12H18N2O2S. The molecule has 1 atom stereocenters. The summed E-state index contributed by atoms with van der Waals surface area (Å²) in [5.41, 5.74) is 2.03. The van der Waals surface area contributed by atoms with E-state index in [4.69, 9.17) is 4.52 Å². The zero-order valence-corrected chi connectivity index (χ0v) is 11.3. The molecule has 0 saturated heterocycles. The molecule has 5 heteroatoms. The number of aromatic nitrogens is 1. The molecule has 0 unspecified atom stereocenters. The number of nitrogens with one attached hydrogen (secondary N) is 1. The lowest BCUT2D eigenvalue weighted by Gasteiger charge is -2.11.